The van der Waals surface area contributed by atoms with Crippen LogP contribution in [0, 0.1) is 12.7 Å². The molecule has 1 atom stereocenters. The van der Waals surface area contributed by atoms with E-state index in [1.165, 1.54) is 12.1 Å². The van der Waals surface area contributed by atoms with Crippen molar-refractivity contribution in [3.05, 3.63) is 89.0 Å². The first-order chi connectivity index (χ1) is 12.0. The van der Waals surface area contributed by atoms with Gasteiger partial charge in [-0.05, 0) is 42.8 Å². The molecule has 3 nitrogen and oxygen atoms in total. The third-order valence-corrected chi connectivity index (χ3v) is 4.23. The van der Waals surface area contributed by atoms with Crippen LogP contribution in [0.4, 0.5) is 10.1 Å². The Hall–Kier alpha value is -2.59. The Balaban J connectivity index is 1.82. The second-order valence-corrected chi connectivity index (χ2v) is 6.37. The highest BCUT2D eigenvalue weighted by molar-refractivity contribution is 6.30. The van der Waals surface area contributed by atoms with Crippen LogP contribution in [0.1, 0.15) is 23.6 Å². The van der Waals surface area contributed by atoms with Crippen LogP contribution in [-0.4, -0.2) is 10.5 Å². The molecule has 5 heteroatoms. The lowest BCUT2D eigenvalue weighted by molar-refractivity contribution is -0.116. The Bertz CT molecular complexity index is 877. The average Bonchev–Trinajstić information content (AvgIpc) is 3.09. The van der Waals surface area contributed by atoms with Crippen LogP contribution in [0.5, 0.6) is 0 Å². The number of nitrogens with zero attached hydrogens (tertiary/aromatic N) is 1. The highest BCUT2D eigenvalue weighted by Crippen LogP contribution is 2.25. The van der Waals surface area contributed by atoms with Crippen molar-refractivity contribution in [2.45, 2.75) is 19.4 Å². The van der Waals surface area contributed by atoms with E-state index in [9.17, 15) is 9.18 Å². The molecule has 0 radical (unpaired) electrons. The minimum atomic E-state index is -0.547. The van der Waals surface area contributed by atoms with E-state index < -0.39 is 5.82 Å². The van der Waals surface area contributed by atoms with Crippen molar-refractivity contribution in [3.63, 3.8) is 0 Å². The maximum atomic E-state index is 13.9. The molecule has 2 aromatic carbocycles. The van der Waals surface area contributed by atoms with Crippen molar-refractivity contribution in [1.82, 2.24) is 4.57 Å². The van der Waals surface area contributed by atoms with E-state index in [-0.39, 0.29) is 24.1 Å². The molecule has 1 amide bonds. The molecule has 1 heterocycles. The summed E-state index contributed by atoms with van der Waals surface area (Å²) in [7, 11) is 0. The van der Waals surface area contributed by atoms with Crippen LogP contribution < -0.4 is 5.32 Å². The molecule has 0 aliphatic carbocycles. The minimum absolute atomic E-state index is 0.130. The number of benzene rings is 2. The van der Waals surface area contributed by atoms with E-state index >= 15 is 0 Å². The topological polar surface area (TPSA) is 34.0 Å². The lowest BCUT2D eigenvalue weighted by Crippen LogP contribution is -2.20. The maximum absolute atomic E-state index is 13.9. The molecule has 3 rings (SSSR count). The zero-order valence-electron chi connectivity index (χ0n) is 13.7. The Morgan fingerprint density at radius 1 is 1.16 bits per heavy atom. The molecule has 0 unspecified atom stereocenters. The number of nitrogens with one attached hydrogen (secondary N) is 1. The molecule has 0 aliphatic heterocycles. The number of aryl methyl sites for hydroxylation is 1. The van der Waals surface area contributed by atoms with Crippen molar-refractivity contribution in [2.24, 2.45) is 0 Å². The fraction of sp³-hybridized carbons (Fsp3) is 0.150. The molecule has 0 saturated heterocycles. The molecule has 3 aromatic rings. The van der Waals surface area contributed by atoms with Gasteiger partial charge in [-0.25, -0.2) is 4.39 Å². The van der Waals surface area contributed by atoms with Gasteiger partial charge < -0.3 is 9.88 Å². The number of hydrogen-bond acceptors (Lipinski definition) is 1. The van der Waals surface area contributed by atoms with Crippen molar-refractivity contribution >= 4 is 23.2 Å². The van der Waals surface area contributed by atoms with Crippen LogP contribution >= 0.6 is 11.6 Å². The van der Waals surface area contributed by atoms with E-state index in [1.807, 2.05) is 54.2 Å². The predicted octanol–water partition coefficient (Wildman–Crippen LogP) is 5.21. The molecule has 1 N–H and O–H groups in total. The second-order valence-electron chi connectivity index (χ2n) is 5.94. The molecule has 0 bridgehead atoms. The van der Waals surface area contributed by atoms with Gasteiger partial charge in [-0.15, -0.1) is 0 Å². The summed E-state index contributed by atoms with van der Waals surface area (Å²) in [6, 6.07) is 15.9. The summed E-state index contributed by atoms with van der Waals surface area (Å²) in [5.41, 5.74) is 2.28. The van der Waals surface area contributed by atoms with Gasteiger partial charge in [0, 0.05) is 17.4 Å². The van der Waals surface area contributed by atoms with Gasteiger partial charge in [0.25, 0.3) is 0 Å². The largest absolute Gasteiger partial charge is 0.346 e. The standard InChI is InChI=1S/C20H18ClFN2O/c1-14-5-4-6-15(11-14)19(24-9-2-3-10-24)13-20(25)23-18-8-7-16(21)12-17(18)22/h2-12,19H,13H2,1H3,(H,23,25)/t19-/m0/s1. The normalized spacial score (nSPS) is 12.0. The molecular formula is C20H18ClFN2O. The van der Waals surface area contributed by atoms with E-state index in [0.29, 0.717) is 5.02 Å². The number of carbonyl (C=O) groups is 1. The van der Waals surface area contributed by atoms with Crippen LogP contribution in [-0.2, 0) is 4.79 Å². The quantitative estimate of drug-likeness (QED) is 0.669. The highest BCUT2D eigenvalue weighted by atomic mass is 35.5. The maximum Gasteiger partial charge on any atom is 0.226 e. The van der Waals surface area contributed by atoms with Gasteiger partial charge in [0.05, 0.1) is 18.2 Å². The summed E-state index contributed by atoms with van der Waals surface area (Å²) in [6.07, 6.45) is 4.03. The summed E-state index contributed by atoms with van der Waals surface area (Å²) in [6.45, 7) is 2.01. The monoisotopic (exact) mass is 356 g/mol. The Kier molecular flexibility index (Phi) is 5.19. The Morgan fingerprint density at radius 3 is 2.60 bits per heavy atom. The molecule has 25 heavy (non-hydrogen) atoms. The van der Waals surface area contributed by atoms with Gasteiger partial charge in [-0.3, -0.25) is 4.79 Å². The Labute approximate surface area is 151 Å². The molecule has 128 valence electrons. The van der Waals surface area contributed by atoms with E-state index in [4.69, 9.17) is 11.6 Å². The molecule has 0 fully saturated rings. The third-order valence-electron chi connectivity index (χ3n) is 4.00. The number of aromatic nitrogens is 1. The van der Waals surface area contributed by atoms with Crippen LogP contribution in [0.3, 0.4) is 0 Å². The summed E-state index contributed by atoms with van der Waals surface area (Å²) >= 11 is 5.74. The van der Waals surface area contributed by atoms with Gasteiger partial charge in [0.15, 0.2) is 0 Å². The third kappa shape index (κ3) is 4.28. The fourth-order valence-electron chi connectivity index (χ4n) is 2.80. The smallest absolute Gasteiger partial charge is 0.226 e. The number of carbonyl (C=O) groups excluding carboxylic acids is 1. The number of halogens is 2. The van der Waals surface area contributed by atoms with Crippen molar-refractivity contribution in [2.75, 3.05) is 5.32 Å². The van der Waals surface area contributed by atoms with E-state index in [1.54, 1.807) is 6.07 Å². The molecule has 1 aromatic heterocycles. The summed E-state index contributed by atoms with van der Waals surface area (Å²) in [4.78, 5) is 12.5. The van der Waals surface area contributed by atoms with Crippen LogP contribution in [0.15, 0.2) is 67.0 Å². The predicted molar refractivity (Wildman–Crippen MR) is 98.4 cm³/mol. The van der Waals surface area contributed by atoms with E-state index in [2.05, 4.69) is 11.4 Å². The SMILES string of the molecule is Cc1cccc([C@H](CC(=O)Nc2ccc(Cl)cc2F)n2cccc2)c1. The highest BCUT2D eigenvalue weighted by Gasteiger charge is 2.18. The van der Waals surface area contributed by atoms with Crippen LogP contribution in [0.2, 0.25) is 5.02 Å². The van der Waals surface area contributed by atoms with Crippen molar-refractivity contribution in [1.29, 1.82) is 0 Å². The number of rotatable bonds is 5. The van der Waals surface area contributed by atoms with Crippen LogP contribution in [0.25, 0.3) is 0 Å². The van der Waals surface area contributed by atoms with Gasteiger partial charge >= 0.3 is 0 Å². The summed E-state index contributed by atoms with van der Waals surface area (Å²) in [5.74, 6) is -0.810. The van der Waals surface area contributed by atoms with E-state index in [0.717, 1.165) is 11.1 Å². The summed E-state index contributed by atoms with van der Waals surface area (Å²) < 4.78 is 15.9. The zero-order valence-corrected chi connectivity index (χ0v) is 14.5. The van der Waals surface area contributed by atoms with Gasteiger partial charge in [0.2, 0.25) is 5.91 Å². The van der Waals surface area contributed by atoms with Crippen molar-refractivity contribution in [3.8, 4) is 0 Å². The van der Waals surface area contributed by atoms with Gasteiger partial charge in [-0.1, -0.05) is 41.4 Å². The Morgan fingerprint density at radius 2 is 1.92 bits per heavy atom. The number of anilines is 1. The number of amides is 1. The molecule has 0 spiro atoms. The molecular weight excluding hydrogens is 339 g/mol. The molecule has 0 saturated carbocycles. The zero-order chi connectivity index (χ0) is 17.8. The minimum Gasteiger partial charge on any atom is -0.346 e. The first-order valence-corrected chi connectivity index (χ1v) is 8.34. The van der Waals surface area contributed by atoms with Gasteiger partial charge in [0.1, 0.15) is 5.82 Å². The fourth-order valence-corrected chi connectivity index (χ4v) is 2.95. The van der Waals surface area contributed by atoms with Gasteiger partial charge in [-0.2, -0.15) is 0 Å². The second kappa shape index (κ2) is 7.53. The molecule has 0 aliphatic rings. The first kappa shape index (κ1) is 17.2. The first-order valence-electron chi connectivity index (χ1n) is 7.97. The lowest BCUT2D eigenvalue weighted by atomic mass is 10.0. The number of hydrogen-bond donors (Lipinski definition) is 1. The summed E-state index contributed by atoms with van der Waals surface area (Å²) in [5, 5.41) is 2.92. The van der Waals surface area contributed by atoms with Crippen molar-refractivity contribution < 1.29 is 9.18 Å². The average molecular weight is 357 g/mol. The lowest BCUT2D eigenvalue weighted by Gasteiger charge is -2.20.